The van der Waals surface area contributed by atoms with Crippen molar-refractivity contribution in [3.05, 3.63) is 29.8 Å². The summed E-state index contributed by atoms with van der Waals surface area (Å²) >= 11 is 0. The maximum Gasteiger partial charge on any atom is 0.242 e. The van der Waals surface area contributed by atoms with Crippen molar-refractivity contribution in [1.82, 2.24) is 4.31 Å². The molecule has 5 heteroatoms. The second-order valence-electron chi connectivity index (χ2n) is 4.41. The zero-order valence-electron chi connectivity index (χ0n) is 10.6. The molecule has 0 spiro atoms. The largest absolute Gasteiger partial charge is 0.328 e. The second-order valence-corrected chi connectivity index (χ2v) is 6.45. The molecular formula is C12H20N2O2S. The van der Waals surface area contributed by atoms with E-state index < -0.39 is 10.0 Å². The summed E-state index contributed by atoms with van der Waals surface area (Å²) in [4.78, 5) is 0.329. The monoisotopic (exact) mass is 256 g/mol. The highest BCUT2D eigenvalue weighted by Crippen LogP contribution is 2.15. The van der Waals surface area contributed by atoms with E-state index in [1.165, 1.54) is 4.31 Å². The maximum atomic E-state index is 12.1. The first-order valence-corrected chi connectivity index (χ1v) is 7.06. The second kappa shape index (κ2) is 5.62. The predicted molar refractivity (Wildman–Crippen MR) is 69.3 cm³/mol. The van der Waals surface area contributed by atoms with E-state index in [0.29, 0.717) is 17.9 Å². The fraction of sp³-hybridized carbons (Fsp3) is 0.500. The Morgan fingerprint density at radius 1 is 1.29 bits per heavy atom. The molecule has 0 radical (unpaired) electrons. The number of rotatable bonds is 5. The van der Waals surface area contributed by atoms with Gasteiger partial charge in [-0.15, -0.1) is 0 Å². The van der Waals surface area contributed by atoms with Crippen LogP contribution in [0.3, 0.4) is 0 Å². The molecule has 0 aliphatic rings. The Hall–Kier alpha value is -0.910. The molecule has 1 unspecified atom stereocenters. The van der Waals surface area contributed by atoms with Gasteiger partial charge < -0.3 is 5.73 Å². The van der Waals surface area contributed by atoms with Crippen LogP contribution in [0.5, 0.6) is 0 Å². The summed E-state index contributed by atoms with van der Waals surface area (Å²) in [5.74, 6) is 0. The van der Waals surface area contributed by atoms with Crippen LogP contribution in [0.25, 0.3) is 0 Å². The van der Waals surface area contributed by atoms with Crippen LogP contribution in [0.15, 0.2) is 29.2 Å². The summed E-state index contributed by atoms with van der Waals surface area (Å²) in [6.07, 6.45) is 0.654. The highest BCUT2D eigenvalue weighted by Gasteiger charge is 2.20. The van der Waals surface area contributed by atoms with Gasteiger partial charge in [0.25, 0.3) is 0 Å². The fourth-order valence-electron chi connectivity index (χ4n) is 1.40. The maximum absolute atomic E-state index is 12.1. The normalized spacial score (nSPS) is 13.9. The lowest BCUT2D eigenvalue weighted by Crippen LogP contribution is -2.31. The molecule has 0 aromatic heterocycles. The van der Waals surface area contributed by atoms with Gasteiger partial charge in [0, 0.05) is 19.6 Å². The van der Waals surface area contributed by atoms with E-state index >= 15 is 0 Å². The van der Waals surface area contributed by atoms with E-state index in [1.54, 1.807) is 31.3 Å². The molecule has 0 aliphatic carbocycles. The van der Waals surface area contributed by atoms with Gasteiger partial charge in [-0.3, -0.25) is 0 Å². The average molecular weight is 256 g/mol. The average Bonchev–Trinajstić information content (AvgIpc) is 2.26. The van der Waals surface area contributed by atoms with Gasteiger partial charge in [0.15, 0.2) is 0 Å². The molecule has 0 amide bonds. The summed E-state index contributed by atoms with van der Waals surface area (Å²) in [5.41, 5.74) is 6.66. The summed E-state index contributed by atoms with van der Waals surface area (Å²) < 4.78 is 25.6. The Bertz CT molecular complexity index is 452. The van der Waals surface area contributed by atoms with Gasteiger partial charge in [0.1, 0.15) is 0 Å². The summed E-state index contributed by atoms with van der Waals surface area (Å²) in [5, 5.41) is 0. The molecule has 0 bridgehead atoms. The first-order chi connectivity index (χ1) is 7.84. The summed E-state index contributed by atoms with van der Waals surface area (Å²) in [7, 11) is -1.79. The van der Waals surface area contributed by atoms with Gasteiger partial charge in [-0.2, -0.15) is 0 Å². The highest BCUT2D eigenvalue weighted by molar-refractivity contribution is 7.89. The van der Waals surface area contributed by atoms with Gasteiger partial charge in [0.05, 0.1) is 4.90 Å². The van der Waals surface area contributed by atoms with Crippen molar-refractivity contribution in [2.75, 3.05) is 13.6 Å². The minimum Gasteiger partial charge on any atom is -0.328 e. The van der Waals surface area contributed by atoms with Crippen LogP contribution in [0, 0.1) is 6.92 Å². The molecule has 0 saturated heterocycles. The highest BCUT2D eigenvalue weighted by atomic mass is 32.2. The molecule has 1 rings (SSSR count). The molecule has 0 heterocycles. The molecule has 2 N–H and O–H groups in total. The number of hydrogen-bond donors (Lipinski definition) is 1. The van der Waals surface area contributed by atoms with Crippen LogP contribution in [0.1, 0.15) is 18.9 Å². The SMILES string of the molecule is Cc1ccc(S(=O)(=O)N(C)CCC(C)N)cc1. The van der Waals surface area contributed by atoms with Crippen molar-refractivity contribution in [3.63, 3.8) is 0 Å². The molecule has 0 fully saturated rings. The number of aryl methyl sites for hydroxylation is 1. The van der Waals surface area contributed by atoms with Gasteiger partial charge in [-0.1, -0.05) is 17.7 Å². The smallest absolute Gasteiger partial charge is 0.242 e. The number of benzene rings is 1. The molecule has 1 aromatic rings. The summed E-state index contributed by atoms with van der Waals surface area (Å²) in [6, 6.07) is 6.87. The van der Waals surface area contributed by atoms with Gasteiger partial charge >= 0.3 is 0 Å². The van der Waals surface area contributed by atoms with Crippen molar-refractivity contribution in [2.45, 2.75) is 31.2 Å². The molecule has 1 atom stereocenters. The molecule has 0 aliphatic heterocycles. The van der Waals surface area contributed by atoms with Crippen LogP contribution in [0.2, 0.25) is 0 Å². The first kappa shape index (κ1) is 14.2. The van der Waals surface area contributed by atoms with Gasteiger partial charge in [0.2, 0.25) is 10.0 Å². The molecule has 17 heavy (non-hydrogen) atoms. The quantitative estimate of drug-likeness (QED) is 0.865. The summed E-state index contributed by atoms with van der Waals surface area (Å²) in [6.45, 7) is 4.23. The van der Waals surface area contributed by atoms with Crippen LogP contribution in [0.4, 0.5) is 0 Å². The Labute approximate surface area is 103 Å². The fourth-order valence-corrected chi connectivity index (χ4v) is 2.58. The third-order valence-electron chi connectivity index (χ3n) is 2.63. The zero-order valence-corrected chi connectivity index (χ0v) is 11.4. The third-order valence-corrected chi connectivity index (χ3v) is 4.50. The minimum atomic E-state index is -3.37. The first-order valence-electron chi connectivity index (χ1n) is 5.62. The number of sulfonamides is 1. The molecule has 1 aromatic carbocycles. The standard InChI is InChI=1S/C12H20N2O2S/c1-10-4-6-12(7-5-10)17(15,16)14(3)9-8-11(2)13/h4-7,11H,8-9,13H2,1-3H3. The van der Waals surface area contributed by atoms with Crippen LogP contribution in [-0.4, -0.2) is 32.4 Å². The Morgan fingerprint density at radius 3 is 2.29 bits per heavy atom. The number of nitrogens with zero attached hydrogens (tertiary/aromatic N) is 1. The Morgan fingerprint density at radius 2 is 1.82 bits per heavy atom. The predicted octanol–water partition coefficient (Wildman–Crippen LogP) is 1.35. The van der Waals surface area contributed by atoms with Crippen molar-refractivity contribution < 1.29 is 8.42 Å². The Balaban J connectivity index is 2.84. The zero-order chi connectivity index (χ0) is 13.1. The number of hydrogen-bond acceptors (Lipinski definition) is 3. The van der Waals surface area contributed by atoms with E-state index in [-0.39, 0.29) is 6.04 Å². The van der Waals surface area contributed by atoms with E-state index in [4.69, 9.17) is 5.73 Å². The van der Waals surface area contributed by atoms with Crippen LogP contribution >= 0.6 is 0 Å². The third kappa shape index (κ3) is 3.80. The van der Waals surface area contributed by atoms with Crippen LogP contribution < -0.4 is 5.73 Å². The lowest BCUT2D eigenvalue weighted by Gasteiger charge is -2.18. The van der Waals surface area contributed by atoms with Crippen LogP contribution in [-0.2, 0) is 10.0 Å². The lowest BCUT2D eigenvalue weighted by atomic mass is 10.2. The van der Waals surface area contributed by atoms with Gasteiger partial charge in [-0.25, -0.2) is 12.7 Å². The van der Waals surface area contributed by atoms with E-state index in [1.807, 2.05) is 13.8 Å². The number of nitrogens with two attached hydrogens (primary N) is 1. The van der Waals surface area contributed by atoms with Crippen molar-refractivity contribution in [3.8, 4) is 0 Å². The molecule has 0 saturated carbocycles. The molecule has 4 nitrogen and oxygen atoms in total. The van der Waals surface area contributed by atoms with Crippen molar-refractivity contribution in [1.29, 1.82) is 0 Å². The van der Waals surface area contributed by atoms with Gasteiger partial charge in [-0.05, 0) is 32.4 Å². The van der Waals surface area contributed by atoms with E-state index in [2.05, 4.69) is 0 Å². The lowest BCUT2D eigenvalue weighted by molar-refractivity contribution is 0.446. The van der Waals surface area contributed by atoms with Crippen molar-refractivity contribution in [2.24, 2.45) is 5.73 Å². The minimum absolute atomic E-state index is 0.00525. The molecular weight excluding hydrogens is 236 g/mol. The topological polar surface area (TPSA) is 63.4 Å². The van der Waals surface area contributed by atoms with E-state index in [9.17, 15) is 8.42 Å². The van der Waals surface area contributed by atoms with E-state index in [0.717, 1.165) is 5.56 Å². The molecule has 96 valence electrons. The Kier molecular flexibility index (Phi) is 4.68. The van der Waals surface area contributed by atoms with Crippen molar-refractivity contribution >= 4 is 10.0 Å².